The van der Waals surface area contributed by atoms with E-state index in [-0.39, 0.29) is 23.6 Å². The van der Waals surface area contributed by atoms with Crippen LogP contribution in [0.1, 0.15) is 46.0 Å². The van der Waals surface area contributed by atoms with Gasteiger partial charge in [0.1, 0.15) is 6.04 Å². The first-order valence-corrected chi connectivity index (χ1v) is 9.55. The Labute approximate surface area is 172 Å². The van der Waals surface area contributed by atoms with E-state index in [1.807, 2.05) is 24.3 Å². The van der Waals surface area contributed by atoms with Crippen molar-refractivity contribution in [3.05, 3.63) is 71.1 Å². The summed E-state index contributed by atoms with van der Waals surface area (Å²) < 4.78 is 10.3. The number of fused-ring (bicyclic) bond motifs is 1. The molecule has 8 nitrogen and oxygen atoms in total. The number of nitrogens with zero attached hydrogens (tertiary/aromatic N) is 3. The Morgan fingerprint density at radius 2 is 1.70 bits per heavy atom. The van der Waals surface area contributed by atoms with Crippen molar-refractivity contribution in [1.82, 2.24) is 15.0 Å². The Morgan fingerprint density at radius 1 is 1.07 bits per heavy atom. The van der Waals surface area contributed by atoms with Gasteiger partial charge in [0.2, 0.25) is 5.82 Å². The monoisotopic (exact) mass is 405 g/mol. The van der Waals surface area contributed by atoms with Gasteiger partial charge in [0.25, 0.3) is 17.7 Å². The molecule has 1 atom stereocenters. The van der Waals surface area contributed by atoms with Crippen LogP contribution in [0.3, 0.4) is 0 Å². The maximum absolute atomic E-state index is 12.5. The predicted molar refractivity (Wildman–Crippen MR) is 105 cm³/mol. The molecule has 2 heterocycles. The van der Waals surface area contributed by atoms with E-state index < -0.39 is 23.8 Å². The number of ether oxygens (including phenoxy) is 1. The van der Waals surface area contributed by atoms with Crippen molar-refractivity contribution in [3.63, 3.8) is 0 Å². The van der Waals surface area contributed by atoms with E-state index in [2.05, 4.69) is 17.1 Å². The number of esters is 1. The van der Waals surface area contributed by atoms with E-state index in [0.29, 0.717) is 5.82 Å². The zero-order valence-electron chi connectivity index (χ0n) is 16.5. The molecular weight excluding hydrogens is 386 g/mol. The van der Waals surface area contributed by atoms with Gasteiger partial charge in [-0.2, -0.15) is 4.98 Å². The summed E-state index contributed by atoms with van der Waals surface area (Å²) in [4.78, 5) is 42.5. The number of imide groups is 1. The molecule has 0 aliphatic carbocycles. The number of aryl methyl sites for hydroxylation is 1. The number of amides is 2. The first-order chi connectivity index (χ1) is 14.5. The molecule has 2 amide bonds. The molecule has 1 aliphatic heterocycles. The van der Waals surface area contributed by atoms with Gasteiger partial charge in [-0.15, -0.1) is 0 Å². The van der Waals surface area contributed by atoms with Crippen molar-refractivity contribution in [3.8, 4) is 11.4 Å². The minimum absolute atomic E-state index is 0.118. The van der Waals surface area contributed by atoms with Crippen LogP contribution >= 0.6 is 0 Å². The number of carbonyl (C=O) groups excluding carboxylic acids is 3. The van der Waals surface area contributed by atoms with E-state index in [0.717, 1.165) is 16.9 Å². The van der Waals surface area contributed by atoms with Crippen molar-refractivity contribution in [2.75, 3.05) is 0 Å². The fourth-order valence-electron chi connectivity index (χ4n) is 3.24. The second-order valence-electron chi connectivity index (χ2n) is 6.87. The van der Waals surface area contributed by atoms with Crippen LogP contribution in [0, 0.1) is 0 Å². The molecule has 2 aromatic carbocycles. The number of aromatic nitrogens is 2. The number of hydrogen-bond donors (Lipinski definition) is 0. The third-order valence-electron chi connectivity index (χ3n) is 4.98. The minimum atomic E-state index is -1.08. The molecule has 30 heavy (non-hydrogen) atoms. The molecule has 0 saturated carbocycles. The molecule has 0 saturated heterocycles. The maximum Gasteiger partial charge on any atom is 0.329 e. The first-order valence-electron chi connectivity index (χ1n) is 9.55. The zero-order chi connectivity index (χ0) is 21.3. The molecule has 0 bridgehead atoms. The van der Waals surface area contributed by atoms with Gasteiger partial charge in [0, 0.05) is 5.56 Å². The van der Waals surface area contributed by atoms with Gasteiger partial charge < -0.3 is 9.26 Å². The van der Waals surface area contributed by atoms with Gasteiger partial charge in [-0.3, -0.25) is 14.5 Å². The number of carbonyl (C=O) groups is 3. The molecule has 1 aliphatic rings. The highest BCUT2D eigenvalue weighted by Crippen LogP contribution is 2.25. The highest BCUT2D eigenvalue weighted by atomic mass is 16.6. The van der Waals surface area contributed by atoms with Crippen LogP contribution in [0.2, 0.25) is 0 Å². The van der Waals surface area contributed by atoms with Crippen LogP contribution in [0.25, 0.3) is 11.4 Å². The molecule has 1 aromatic heterocycles. The SMILES string of the molecule is CCc1ccc(-c2noc(COC(=O)[C@@H](C)N3C(=O)c4ccccc4C3=O)n2)cc1. The Kier molecular flexibility index (Phi) is 5.14. The molecule has 0 N–H and O–H groups in total. The topological polar surface area (TPSA) is 103 Å². The summed E-state index contributed by atoms with van der Waals surface area (Å²) in [6, 6.07) is 13.1. The van der Waals surface area contributed by atoms with Crippen LogP contribution in [0.4, 0.5) is 0 Å². The van der Waals surface area contributed by atoms with Crippen molar-refractivity contribution < 1.29 is 23.6 Å². The second kappa shape index (κ2) is 7.90. The summed E-state index contributed by atoms with van der Waals surface area (Å²) in [5.74, 6) is -1.27. The molecule has 3 aromatic rings. The molecule has 0 unspecified atom stereocenters. The summed E-state index contributed by atoms with van der Waals surface area (Å²) in [6.07, 6.45) is 0.930. The number of hydrogen-bond acceptors (Lipinski definition) is 7. The number of benzene rings is 2. The quantitative estimate of drug-likeness (QED) is 0.459. The smallest absolute Gasteiger partial charge is 0.329 e. The lowest BCUT2D eigenvalue weighted by Crippen LogP contribution is -2.43. The van der Waals surface area contributed by atoms with Crippen LogP contribution in [-0.2, 0) is 22.6 Å². The summed E-state index contributed by atoms with van der Waals surface area (Å²) in [6.45, 7) is 3.25. The van der Waals surface area contributed by atoms with Crippen LogP contribution in [0.5, 0.6) is 0 Å². The lowest BCUT2D eigenvalue weighted by atomic mass is 10.1. The summed E-state index contributed by atoms with van der Waals surface area (Å²) >= 11 is 0. The van der Waals surface area contributed by atoms with Gasteiger partial charge in [0.15, 0.2) is 6.61 Å². The predicted octanol–water partition coefficient (Wildman–Crippen LogP) is 3.03. The van der Waals surface area contributed by atoms with Crippen molar-refractivity contribution in [1.29, 1.82) is 0 Å². The second-order valence-corrected chi connectivity index (χ2v) is 6.87. The molecular formula is C22H19N3O5. The van der Waals surface area contributed by atoms with Crippen molar-refractivity contribution in [2.24, 2.45) is 0 Å². The third kappa shape index (κ3) is 3.47. The molecule has 8 heteroatoms. The third-order valence-corrected chi connectivity index (χ3v) is 4.98. The van der Waals surface area contributed by atoms with Crippen LogP contribution < -0.4 is 0 Å². The molecule has 0 radical (unpaired) electrons. The lowest BCUT2D eigenvalue weighted by molar-refractivity contribution is -0.149. The summed E-state index contributed by atoms with van der Waals surface area (Å²) in [5, 5.41) is 3.90. The highest BCUT2D eigenvalue weighted by molar-refractivity contribution is 6.22. The van der Waals surface area contributed by atoms with Crippen LogP contribution in [-0.4, -0.2) is 38.9 Å². The summed E-state index contributed by atoms with van der Waals surface area (Å²) in [7, 11) is 0. The van der Waals surface area contributed by atoms with Gasteiger partial charge in [0.05, 0.1) is 11.1 Å². The van der Waals surface area contributed by atoms with E-state index in [1.54, 1.807) is 24.3 Å². The normalized spacial score (nSPS) is 14.0. The molecule has 0 spiro atoms. The van der Waals surface area contributed by atoms with E-state index in [4.69, 9.17) is 9.26 Å². The van der Waals surface area contributed by atoms with E-state index in [9.17, 15) is 14.4 Å². The molecule has 0 fully saturated rings. The molecule has 152 valence electrons. The van der Waals surface area contributed by atoms with Gasteiger partial charge in [-0.05, 0) is 31.0 Å². The van der Waals surface area contributed by atoms with Crippen LogP contribution in [0.15, 0.2) is 53.1 Å². The minimum Gasteiger partial charge on any atom is -0.454 e. The fraction of sp³-hybridized carbons (Fsp3) is 0.227. The Morgan fingerprint density at radius 3 is 2.30 bits per heavy atom. The zero-order valence-corrected chi connectivity index (χ0v) is 16.5. The highest BCUT2D eigenvalue weighted by Gasteiger charge is 2.41. The van der Waals surface area contributed by atoms with Gasteiger partial charge in [-0.25, -0.2) is 4.79 Å². The van der Waals surface area contributed by atoms with E-state index >= 15 is 0 Å². The Balaban J connectivity index is 1.40. The van der Waals surface area contributed by atoms with Gasteiger partial charge >= 0.3 is 5.97 Å². The summed E-state index contributed by atoms with van der Waals surface area (Å²) in [5.41, 5.74) is 2.53. The first kappa shape index (κ1) is 19.5. The molecule has 4 rings (SSSR count). The average molecular weight is 405 g/mol. The fourth-order valence-corrected chi connectivity index (χ4v) is 3.24. The Hall–Kier alpha value is -3.81. The average Bonchev–Trinajstić information content (AvgIpc) is 3.35. The number of rotatable bonds is 6. The largest absolute Gasteiger partial charge is 0.454 e. The van der Waals surface area contributed by atoms with E-state index in [1.165, 1.54) is 12.5 Å². The van der Waals surface area contributed by atoms with Crippen molar-refractivity contribution >= 4 is 17.8 Å². The standard InChI is InChI=1S/C22H19N3O5/c1-3-14-8-10-15(11-9-14)19-23-18(30-24-19)12-29-22(28)13(2)25-20(26)16-6-4-5-7-17(16)21(25)27/h4-11,13H,3,12H2,1-2H3/t13-/m1/s1. The Bertz CT molecular complexity index is 1080. The lowest BCUT2D eigenvalue weighted by Gasteiger charge is -2.20. The maximum atomic E-state index is 12.5. The van der Waals surface area contributed by atoms with Gasteiger partial charge in [-0.1, -0.05) is 48.5 Å². The van der Waals surface area contributed by atoms with Crippen molar-refractivity contribution in [2.45, 2.75) is 32.9 Å².